The molecule has 0 aromatic carbocycles. The summed E-state index contributed by atoms with van der Waals surface area (Å²) in [6, 6.07) is -0.625. The molecule has 0 radical (unpaired) electrons. The summed E-state index contributed by atoms with van der Waals surface area (Å²) in [5.41, 5.74) is 0. The molecule has 0 heterocycles. The van der Waals surface area contributed by atoms with Gasteiger partial charge in [0.05, 0.1) is 18.8 Å². The topological polar surface area (TPSA) is 69.6 Å². The second-order valence-electron chi connectivity index (χ2n) is 15.8. The number of unbranched alkanes of at least 4 members (excludes halogenated alkanes) is 29. The fraction of sp³-hybridized carbons (Fsp3) is 0.816. The maximum Gasteiger partial charge on any atom is 0.220 e. The van der Waals surface area contributed by atoms with Crippen LogP contribution in [0.4, 0.5) is 0 Å². The van der Waals surface area contributed by atoms with Crippen molar-refractivity contribution in [3.05, 3.63) is 48.6 Å². The van der Waals surface area contributed by atoms with E-state index in [2.05, 4.69) is 55.6 Å². The van der Waals surface area contributed by atoms with Gasteiger partial charge in [-0.1, -0.05) is 223 Å². The van der Waals surface area contributed by atoms with E-state index in [1.165, 1.54) is 180 Å². The molecule has 2 atom stereocenters. The number of amides is 1. The minimum atomic E-state index is -0.841. The highest BCUT2D eigenvalue weighted by atomic mass is 16.3. The van der Waals surface area contributed by atoms with Crippen LogP contribution in [-0.4, -0.2) is 34.9 Å². The van der Waals surface area contributed by atoms with Crippen molar-refractivity contribution in [1.29, 1.82) is 0 Å². The zero-order valence-corrected chi connectivity index (χ0v) is 35.5. The van der Waals surface area contributed by atoms with Crippen LogP contribution in [0.5, 0.6) is 0 Å². The standard InChI is InChI=1S/C49H91NO3/c1-3-5-7-9-11-13-15-17-19-21-22-23-24-25-26-27-28-29-31-33-35-37-39-41-43-45-49(53)50-47(46-51)48(52)44-42-40-38-36-34-32-30-20-18-16-14-12-10-8-6-4-2/h15,17,21-22,24-25,42,44,47-48,51-52H,3-14,16,18-20,23,26-41,43,45-46H2,1-2H3,(H,50,53)/b17-15-,22-21-,25-24-,44-42+. The first-order valence-electron chi connectivity index (χ1n) is 23.4. The van der Waals surface area contributed by atoms with E-state index in [1.54, 1.807) is 6.08 Å². The molecule has 0 aliphatic heterocycles. The predicted molar refractivity (Wildman–Crippen MR) is 235 cm³/mol. The molecule has 0 fully saturated rings. The number of aliphatic hydroxyl groups excluding tert-OH is 2. The normalized spacial score (nSPS) is 13.4. The van der Waals surface area contributed by atoms with E-state index in [-0.39, 0.29) is 12.5 Å². The zero-order valence-electron chi connectivity index (χ0n) is 35.5. The number of hydrogen-bond acceptors (Lipinski definition) is 3. The molecule has 0 aliphatic rings. The molecule has 0 aromatic rings. The molecule has 310 valence electrons. The van der Waals surface area contributed by atoms with E-state index < -0.39 is 12.1 Å². The summed E-state index contributed by atoms with van der Waals surface area (Å²) in [4.78, 5) is 12.4. The molecule has 2 unspecified atom stereocenters. The summed E-state index contributed by atoms with van der Waals surface area (Å²) in [5.74, 6) is -0.0682. The lowest BCUT2D eigenvalue weighted by molar-refractivity contribution is -0.123. The Morgan fingerprint density at radius 3 is 1.15 bits per heavy atom. The summed E-state index contributed by atoms with van der Waals surface area (Å²) in [5, 5.41) is 23.0. The van der Waals surface area contributed by atoms with E-state index in [0.29, 0.717) is 6.42 Å². The third kappa shape index (κ3) is 41.4. The summed E-state index contributed by atoms with van der Waals surface area (Å²) in [7, 11) is 0. The Morgan fingerprint density at radius 1 is 0.453 bits per heavy atom. The van der Waals surface area contributed by atoms with Crippen molar-refractivity contribution in [1.82, 2.24) is 5.32 Å². The van der Waals surface area contributed by atoms with Gasteiger partial charge in [-0.25, -0.2) is 0 Å². The highest BCUT2D eigenvalue weighted by molar-refractivity contribution is 5.76. The van der Waals surface area contributed by atoms with Gasteiger partial charge < -0.3 is 15.5 Å². The lowest BCUT2D eigenvalue weighted by Gasteiger charge is -2.20. The van der Waals surface area contributed by atoms with E-state index in [1.807, 2.05) is 6.08 Å². The minimum Gasteiger partial charge on any atom is -0.394 e. The number of carbonyl (C=O) groups excluding carboxylic acids is 1. The third-order valence-corrected chi connectivity index (χ3v) is 10.6. The Kier molecular flexibility index (Phi) is 43.4. The molecule has 3 N–H and O–H groups in total. The molecular formula is C49H91NO3. The van der Waals surface area contributed by atoms with E-state index in [9.17, 15) is 15.0 Å². The first-order valence-corrected chi connectivity index (χ1v) is 23.4. The first kappa shape index (κ1) is 51.4. The Bertz CT molecular complexity index is 847. The number of rotatable bonds is 42. The van der Waals surface area contributed by atoms with Crippen molar-refractivity contribution in [3.63, 3.8) is 0 Å². The Morgan fingerprint density at radius 2 is 0.774 bits per heavy atom. The van der Waals surface area contributed by atoms with Crippen LogP contribution in [-0.2, 0) is 4.79 Å². The van der Waals surface area contributed by atoms with E-state index >= 15 is 0 Å². The highest BCUT2D eigenvalue weighted by Crippen LogP contribution is 2.15. The van der Waals surface area contributed by atoms with Crippen LogP contribution in [0.25, 0.3) is 0 Å². The van der Waals surface area contributed by atoms with E-state index in [0.717, 1.165) is 38.5 Å². The van der Waals surface area contributed by atoms with Crippen LogP contribution in [0.15, 0.2) is 48.6 Å². The van der Waals surface area contributed by atoms with Gasteiger partial charge in [0, 0.05) is 6.42 Å². The van der Waals surface area contributed by atoms with Gasteiger partial charge in [-0.05, 0) is 57.8 Å². The van der Waals surface area contributed by atoms with Crippen LogP contribution in [0.1, 0.15) is 239 Å². The summed E-state index contributed by atoms with van der Waals surface area (Å²) in [6.07, 6.45) is 60.8. The van der Waals surface area contributed by atoms with E-state index in [4.69, 9.17) is 0 Å². The quantitative estimate of drug-likeness (QED) is 0.0431. The molecular weight excluding hydrogens is 651 g/mol. The van der Waals surface area contributed by atoms with Crippen LogP contribution >= 0.6 is 0 Å². The number of carbonyl (C=O) groups is 1. The Hall–Kier alpha value is -1.65. The SMILES string of the molecule is CCCCCCC/C=C\C/C=C\C/C=C\CCCCCCCCCCCCC(=O)NC(CO)C(O)/C=C/CCCCCCCCCCCCCCCC. The first-order chi connectivity index (χ1) is 26.2. The van der Waals surface area contributed by atoms with Gasteiger partial charge in [0.1, 0.15) is 0 Å². The number of aliphatic hydroxyl groups is 2. The Balaban J connectivity index is 3.57. The van der Waals surface area contributed by atoms with Gasteiger partial charge in [0.15, 0.2) is 0 Å². The van der Waals surface area contributed by atoms with Gasteiger partial charge in [-0.3, -0.25) is 4.79 Å². The average Bonchev–Trinajstić information content (AvgIpc) is 3.16. The van der Waals surface area contributed by atoms with Gasteiger partial charge in [0.2, 0.25) is 5.91 Å². The molecule has 0 bridgehead atoms. The zero-order chi connectivity index (χ0) is 38.6. The van der Waals surface area contributed by atoms with Crippen molar-refractivity contribution in [2.24, 2.45) is 0 Å². The molecule has 0 saturated carbocycles. The molecule has 4 nitrogen and oxygen atoms in total. The molecule has 4 heteroatoms. The van der Waals surface area contributed by atoms with Gasteiger partial charge >= 0.3 is 0 Å². The lowest BCUT2D eigenvalue weighted by atomic mass is 10.0. The summed E-state index contributed by atoms with van der Waals surface area (Å²) < 4.78 is 0. The maximum atomic E-state index is 12.4. The molecule has 0 rings (SSSR count). The minimum absolute atomic E-state index is 0.0682. The second kappa shape index (κ2) is 44.7. The maximum absolute atomic E-state index is 12.4. The summed E-state index contributed by atoms with van der Waals surface area (Å²) >= 11 is 0. The van der Waals surface area contributed by atoms with Crippen LogP contribution in [0, 0.1) is 0 Å². The summed E-state index contributed by atoms with van der Waals surface area (Å²) in [6.45, 7) is 4.30. The smallest absolute Gasteiger partial charge is 0.220 e. The lowest BCUT2D eigenvalue weighted by Crippen LogP contribution is -2.45. The van der Waals surface area contributed by atoms with Crippen LogP contribution in [0.3, 0.4) is 0 Å². The third-order valence-electron chi connectivity index (χ3n) is 10.6. The molecule has 0 spiro atoms. The molecule has 53 heavy (non-hydrogen) atoms. The molecule has 0 aromatic heterocycles. The average molecular weight is 742 g/mol. The predicted octanol–water partition coefficient (Wildman–Crippen LogP) is 14.7. The van der Waals surface area contributed by atoms with Crippen LogP contribution < -0.4 is 5.32 Å². The largest absolute Gasteiger partial charge is 0.394 e. The van der Waals surface area contributed by atoms with Crippen molar-refractivity contribution < 1.29 is 15.0 Å². The van der Waals surface area contributed by atoms with Crippen molar-refractivity contribution in [2.45, 2.75) is 251 Å². The van der Waals surface area contributed by atoms with Crippen LogP contribution in [0.2, 0.25) is 0 Å². The van der Waals surface area contributed by atoms with Crippen molar-refractivity contribution in [3.8, 4) is 0 Å². The molecule has 0 saturated heterocycles. The van der Waals surface area contributed by atoms with Gasteiger partial charge in [-0.15, -0.1) is 0 Å². The van der Waals surface area contributed by atoms with Gasteiger partial charge in [0.25, 0.3) is 0 Å². The van der Waals surface area contributed by atoms with Crippen molar-refractivity contribution in [2.75, 3.05) is 6.61 Å². The fourth-order valence-corrected chi connectivity index (χ4v) is 6.95. The highest BCUT2D eigenvalue weighted by Gasteiger charge is 2.17. The number of allylic oxidation sites excluding steroid dienone is 7. The number of nitrogens with one attached hydrogen (secondary N) is 1. The van der Waals surface area contributed by atoms with Crippen molar-refractivity contribution >= 4 is 5.91 Å². The molecule has 0 aliphatic carbocycles. The monoisotopic (exact) mass is 742 g/mol. The number of hydrogen-bond donors (Lipinski definition) is 3. The molecule has 1 amide bonds. The fourth-order valence-electron chi connectivity index (χ4n) is 6.95. The van der Waals surface area contributed by atoms with Gasteiger partial charge in [-0.2, -0.15) is 0 Å². The second-order valence-corrected chi connectivity index (χ2v) is 15.8. The Labute approximate surface area is 331 Å².